The number of nitrogens with two attached hydrogens (primary N) is 1. The maximum absolute atomic E-state index is 12.8. The molecular weight excluding hydrogens is 505 g/mol. The SMILES string of the molecule is Cn1cncc1C(N)(c1ccc(P(C)(C)=O)nc1)c1ccc2c(c1)c(-c1cccc(Cl)c1)cc(=O)n2C. The van der Waals surface area contributed by atoms with Gasteiger partial charge in [-0.3, -0.25) is 9.78 Å². The van der Waals surface area contributed by atoms with E-state index in [1.807, 2.05) is 54.1 Å². The van der Waals surface area contributed by atoms with Crippen LogP contribution in [0.5, 0.6) is 0 Å². The van der Waals surface area contributed by atoms with Crippen LogP contribution in [0, 0.1) is 0 Å². The summed E-state index contributed by atoms with van der Waals surface area (Å²) in [5, 5.41) is 1.44. The summed E-state index contributed by atoms with van der Waals surface area (Å²) < 4.78 is 16.1. The van der Waals surface area contributed by atoms with Gasteiger partial charge in [0.15, 0.2) is 0 Å². The quantitative estimate of drug-likeness (QED) is 0.337. The smallest absolute Gasteiger partial charge is 0.251 e. The minimum atomic E-state index is -2.53. The van der Waals surface area contributed by atoms with E-state index in [1.54, 1.807) is 61.9 Å². The Kier molecular flexibility index (Phi) is 6.19. The minimum Gasteiger partial charge on any atom is -0.336 e. The molecule has 0 fully saturated rings. The predicted octanol–water partition coefficient (Wildman–Crippen LogP) is 4.49. The summed E-state index contributed by atoms with van der Waals surface area (Å²) in [6, 6.07) is 18.5. The first-order valence-electron chi connectivity index (χ1n) is 11.7. The molecule has 0 radical (unpaired) electrons. The molecule has 9 heteroatoms. The van der Waals surface area contributed by atoms with Gasteiger partial charge < -0.3 is 19.4 Å². The summed E-state index contributed by atoms with van der Waals surface area (Å²) in [6.45, 7) is 3.38. The van der Waals surface area contributed by atoms with Crippen LogP contribution in [0.25, 0.3) is 22.0 Å². The summed E-state index contributed by atoms with van der Waals surface area (Å²) in [4.78, 5) is 21.6. The first-order valence-corrected chi connectivity index (χ1v) is 14.7. The molecule has 0 amide bonds. The summed E-state index contributed by atoms with van der Waals surface area (Å²) in [5.74, 6) is 0. The van der Waals surface area contributed by atoms with Crippen LogP contribution < -0.4 is 16.7 Å². The molecule has 2 aromatic carbocycles. The zero-order chi connectivity index (χ0) is 26.5. The molecule has 5 rings (SSSR count). The lowest BCUT2D eigenvalue weighted by Crippen LogP contribution is -2.41. The van der Waals surface area contributed by atoms with Crippen LogP contribution in [0.2, 0.25) is 5.02 Å². The highest BCUT2D eigenvalue weighted by atomic mass is 35.5. The van der Waals surface area contributed by atoms with E-state index in [2.05, 4.69) is 9.97 Å². The lowest BCUT2D eigenvalue weighted by atomic mass is 9.81. The molecule has 2 N–H and O–H groups in total. The van der Waals surface area contributed by atoms with E-state index in [0.29, 0.717) is 10.5 Å². The van der Waals surface area contributed by atoms with E-state index in [0.717, 1.165) is 38.9 Å². The highest BCUT2D eigenvalue weighted by molar-refractivity contribution is 7.69. The van der Waals surface area contributed by atoms with Crippen LogP contribution in [0.4, 0.5) is 0 Å². The Labute approximate surface area is 219 Å². The third kappa shape index (κ3) is 4.33. The number of nitrogens with zero attached hydrogens (tertiary/aromatic N) is 4. The van der Waals surface area contributed by atoms with Crippen molar-refractivity contribution in [2.45, 2.75) is 5.54 Å². The molecule has 37 heavy (non-hydrogen) atoms. The molecule has 188 valence electrons. The van der Waals surface area contributed by atoms with Crippen LogP contribution >= 0.6 is 18.7 Å². The van der Waals surface area contributed by atoms with Crippen molar-refractivity contribution in [3.8, 4) is 11.1 Å². The average Bonchev–Trinajstić information content (AvgIpc) is 3.31. The van der Waals surface area contributed by atoms with Crippen molar-refractivity contribution >= 4 is 35.1 Å². The Hall–Kier alpha value is -3.51. The molecule has 7 nitrogen and oxygen atoms in total. The van der Waals surface area contributed by atoms with Gasteiger partial charge in [-0.25, -0.2) is 4.98 Å². The number of hydrogen-bond acceptors (Lipinski definition) is 5. The van der Waals surface area contributed by atoms with Gasteiger partial charge in [0.1, 0.15) is 12.7 Å². The van der Waals surface area contributed by atoms with Gasteiger partial charge in [-0.15, -0.1) is 0 Å². The van der Waals surface area contributed by atoms with Gasteiger partial charge in [-0.1, -0.05) is 35.9 Å². The van der Waals surface area contributed by atoms with Gasteiger partial charge in [-0.2, -0.15) is 0 Å². The lowest BCUT2D eigenvalue weighted by molar-refractivity contribution is 0.586. The summed E-state index contributed by atoms with van der Waals surface area (Å²) in [6.07, 6.45) is 5.12. The third-order valence-electron chi connectivity index (χ3n) is 6.81. The Bertz CT molecular complexity index is 1750. The fourth-order valence-corrected chi connectivity index (χ4v) is 5.70. The van der Waals surface area contributed by atoms with E-state index in [-0.39, 0.29) is 5.56 Å². The lowest BCUT2D eigenvalue weighted by Gasteiger charge is -2.31. The minimum absolute atomic E-state index is 0.121. The number of aromatic nitrogens is 4. The highest BCUT2D eigenvalue weighted by Crippen LogP contribution is 2.38. The molecule has 1 unspecified atom stereocenters. The molecule has 0 aliphatic rings. The zero-order valence-corrected chi connectivity index (χ0v) is 22.7. The molecule has 3 aromatic heterocycles. The number of halogens is 1. The van der Waals surface area contributed by atoms with E-state index >= 15 is 0 Å². The van der Waals surface area contributed by atoms with E-state index < -0.39 is 12.7 Å². The molecule has 0 saturated heterocycles. The number of benzene rings is 2. The standard InChI is InChI=1S/C28H27ClN5O2P/c1-33-17-31-16-25(33)28(30,20-9-11-26(32-15-20)37(3,4)36)19-8-10-24-23(13-19)22(14-27(35)34(24)2)18-6-5-7-21(29)12-18/h5-17H,30H2,1-4H3. The van der Waals surface area contributed by atoms with E-state index in [1.165, 1.54) is 0 Å². The van der Waals surface area contributed by atoms with Crippen LogP contribution in [0.1, 0.15) is 16.8 Å². The van der Waals surface area contributed by atoms with Gasteiger partial charge in [0.25, 0.3) is 5.56 Å². The molecule has 1 atom stereocenters. The van der Waals surface area contributed by atoms with Gasteiger partial charge in [0, 0.05) is 42.3 Å². The first kappa shape index (κ1) is 25.2. The third-order valence-corrected chi connectivity index (χ3v) is 8.42. The molecule has 3 heterocycles. The van der Waals surface area contributed by atoms with Crippen LogP contribution in [0.15, 0.2) is 84.2 Å². The topological polar surface area (TPSA) is 95.8 Å². The maximum Gasteiger partial charge on any atom is 0.251 e. The molecule has 0 aliphatic heterocycles. The zero-order valence-electron chi connectivity index (χ0n) is 21.0. The van der Waals surface area contributed by atoms with Crippen molar-refractivity contribution in [3.63, 3.8) is 0 Å². The van der Waals surface area contributed by atoms with Gasteiger partial charge in [0.2, 0.25) is 0 Å². The molecule has 5 aromatic rings. The Balaban J connectivity index is 1.81. The van der Waals surface area contributed by atoms with Crippen molar-refractivity contribution in [3.05, 3.63) is 112 Å². The van der Waals surface area contributed by atoms with Crippen molar-refractivity contribution < 1.29 is 4.57 Å². The second kappa shape index (κ2) is 9.10. The number of rotatable bonds is 5. The van der Waals surface area contributed by atoms with Crippen molar-refractivity contribution in [1.82, 2.24) is 19.1 Å². The number of fused-ring (bicyclic) bond motifs is 1. The van der Waals surface area contributed by atoms with Gasteiger partial charge in [0.05, 0.1) is 29.2 Å². The fraction of sp³-hybridized carbons (Fsp3) is 0.179. The molecule has 0 spiro atoms. The van der Waals surface area contributed by atoms with Crippen LogP contribution in [-0.4, -0.2) is 32.4 Å². The number of aryl methyl sites for hydroxylation is 2. The number of imidazole rings is 1. The summed E-state index contributed by atoms with van der Waals surface area (Å²) >= 11 is 6.29. The maximum atomic E-state index is 12.8. The van der Waals surface area contributed by atoms with Gasteiger partial charge in [-0.05, 0) is 60.4 Å². The van der Waals surface area contributed by atoms with Crippen molar-refractivity contribution in [2.24, 2.45) is 19.8 Å². The molecular formula is C28H27ClN5O2P. The largest absolute Gasteiger partial charge is 0.336 e. The summed E-state index contributed by atoms with van der Waals surface area (Å²) in [5.41, 5.74) is 11.2. The Morgan fingerprint density at radius 3 is 2.35 bits per heavy atom. The molecule has 0 saturated carbocycles. The van der Waals surface area contributed by atoms with Crippen molar-refractivity contribution in [2.75, 3.05) is 13.3 Å². The van der Waals surface area contributed by atoms with E-state index in [4.69, 9.17) is 17.3 Å². The van der Waals surface area contributed by atoms with E-state index in [9.17, 15) is 9.36 Å². The molecule has 0 aliphatic carbocycles. The second-order valence-corrected chi connectivity index (χ2v) is 13.2. The number of hydrogen-bond donors (Lipinski definition) is 1. The number of pyridine rings is 2. The normalized spacial score (nSPS) is 13.6. The average molecular weight is 532 g/mol. The summed E-state index contributed by atoms with van der Waals surface area (Å²) in [7, 11) is 1.11. The second-order valence-electron chi connectivity index (χ2n) is 9.65. The fourth-order valence-electron chi connectivity index (χ4n) is 4.74. The monoisotopic (exact) mass is 531 g/mol. The van der Waals surface area contributed by atoms with Crippen LogP contribution in [-0.2, 0) is 24.2 Å². The molecule has 0 bridgehead atoms. The van der Waals surface area contributed by atoms with Crippen molar-refractivity contribution in [1.29, 1.82) is 0 Å². The Morgan fingerprint density at radius 1 is 0.973 bits per heavy atom. The first-order chi connectivity index (χ1) is 17.5. The highest BCUT2D eigenvalue weighted by Gasteiger charge is 2.36. The Morgan fingerprint density at radius 2 is 1.73 bits per heavy atom. The van der Waals surface area contributed by atoms with Gasteiger partial charge >= 0.3 is 0 Å². The van der Waals surface area contributed by atoms with Crippen LogP contribution in [0.3, 0.4) is 0 Å². The predicted molar refractivity (Wildman–Crippen MR) is 150 cm³/mol.